The molecule has 0 saturated heterocycles. The van der Waals surface area contributed by atoms with Gasteiger partial charge in [0, 0.05) is 31.1 Å². The fraction of sp³-hybridized carbons (Fsp3) is 0.667. The lowest BCUT2D eigenvalue weighted by Crippen LogP contribution is -2.18. The molecule has 18 heavy (non-hydrogen) atoms. The summed E-state index contributed by atoms with van der Waals surface area (Å²) in [6.45, 7) is 5.32. The quantitative estimate of drug-likeness (QED) is 0.801. The third-order valence-corrected chi connectivity index (χ3v) is 3.67. The molecule has 2 rings (SSSR count). The number of ether oxygens (including phenoxy) is 1. The number of pyridine rings is 1. The molecule has 1 aliphatic carbocycles. The van der Waals surface area contributed by atoms with Gasteiger partial charge in [0.25, 0.3) is 0 Å². The van der Waals surface area contributed by atoms with Gasteiger partial charge in [-0.1, -0.05) is 13.8 Å². The number of methoxy groups -OCH3 is 1. The third kappa shape index (κ3) is 2.57. The van der Waals surface area contributed by atoms with Crippen molar-refractivity contribution in [3.63, 3.8) is 0 Å². The van der Waals surface area contributed by atoms with Gasteiger partial charge in [-0.15, -0.1) is 0 Å². The van der Waals surface area contributed by atoms with Gasteiger partial charge in [0.05, 0.1) is 5.60 Å². The van der Waals surface area contributed by atoms with Crippen LogP contribution in [0.2, 0.25) is 0 Å². The zero-order chi connectivity index (χ0) is 13.3. The Labute approximate surface area is 110 Å². The Morgan fingerprint density at radius 2 is 2.06 bits per heavy atom. The van der Waals surface area contributed by atoms with E-state index < -0.39 is 0 Å². The SMILES string of the molecule is COC1(c2cnc(C(C)C)cc2CN(C)C)CC1. The summed E-state index contributed by atoms with van der Waals surface area (Å²) in [5, 5.41) is 0. The molecule has 0 aliphatic heterocycles. The minimum atomic E-state index is -0.0478. The van der Waals surface area contributed by atoms with Crippen LogP contribution in [0.1, 0.15) is 49.4 Å². The van der Waals surface area contributed by atoms with Crippen molar-refractivity contribution in [2.75, 3.05) is 21.2 Å². The van der Waals surface area contributed by atoms with Crippen LogP contribution in [0, 0.1) is 0 Å². The smallest absolute Gasteiger partial charge is 0.0947 e. The second-order valence-corrected chi connectivity index (χ2v) is 5.86. The summed E-state index contributed by atoms with van der Waals surface area (Å²) in [5.41, 5.74) is 3.76. The van der Waals surface area contributed by atoms with E-state index in [1.165, 1.54) is 16.8 Å². The average molecular weight is 248 g/mol. The van der Waals surface area contributed by atoms with Crippen LogP contribution in [0.15, 0.2) is 12.3 Å². The van der Waals surface area contributed by atoms with Crippen LogP contribution in [0.4, 0.5) is 0 Å². The molecule has 0 amide bonds. The van der Waals surface area contributed by atoms with Gasteiger partial charge in [0.15, 0.2) is 0 Å². The number of hydrogen-bond donors (Lipinski definition) is 0. The zero-order valence-corrected chi connectivity index (χ0v) is 12.2. The van der Waals surface area contributed by atoms with E-state index in [-0.39, 0.29) is 5.60 Å². The molecule has 3 nitrogen and oxygen atoms in total. The van der Waals surface area contributed by atoms with Crippen LogP contribution in [0.3, 0.4) is 0 Å². The van der Waals surface area contributed by atoms with Crippen molar-refractivity contribution in [3.8, 4) is 0 Å². The summed E-state index contributed by atoms with van der Waals surface area (Å²) in [6, 6.07) is 2.25. The molecule has 1 aliphatic rings. The van der Waals surface area contributed by atoms with Gasteiger partial charge >= 0.3 is 0 Å². The van der Waals surface area contributed by atoms with Gasteiger partial charge in [0.2, 0.25) is 0 Å². The number of nitrogens with zero attached hydrogens (tertiary/aromatic N) is 2. The van der Waals surface area contributed by atoms with Gasteiger partial charge in [0.1, 0.15) is 0 Å². The first kappa shape index (κ1) is 13.5. The Morgan fingerprint density at radius 1 is 1.39 bits per heavy atom. The Balaban J connectivity index is 2.39. The lowest BCUT2D eigenvalue weighted by atomic mass is 9.99. The molecule has 1 saturated carbocycles. The lowest BCUT2D eigenvalue weighted by Gasteiger charge is -2.21. The molecule has 0 radical (unpaired) electrons. The van der Waals surface area contributed by atoms with Crippen molar-refractivity contribution in [2.24, 2.45) is 0 Å². The standard InChI is InChI=1S/C15H24N2O/c1-11(2)14-8-12(10-17(3)4)13(9-16-14)15(18-5)6-7-15/h8-9,11H,6-7,10H2,1-5H3. The summed E-state index contributed by atoms with van der Waals surface area (Å²) >= 11 is 0. The molecule has 3 heteroatoms. The van der Waals surface area contributed by atoms with E-state index in [4.69, 9.17) is 4.74 Å². The van der Waals surface area contributed by atoms with Crippen LogP contribution < -0.4 is 0 Å². The maximum Gasteiger partial charge on any atom is 0.0947 e. The summed E-state index contributed by atoms with van der Waals surface area (Å²) in [5.74, 6) is 0.470. The molecule has 0 bridgehead atoms. The van der Waals surface area contributed by atoms with Crippen LogP contribution in [-0.4, -0.2) is 31.1 Å². The van der Waals surface area contributed by atoms with Gasteiger partial charge < -0.3 is 9.64 Å². The molecule has 0 N–H and O–H groups in total. The molecule has 0 spiro atoms. The lowest BCUT2D eigenvalue weighted by molar-refractivity contribution is 0.0773. The van der Waals surface area contributed by atoms with Crippen molar-refractivity contribution >= 4 is 0 Å². The number of rotatable bonds is 5. The molecule has 1 heterocycles. The predicted molar refractivity (Wildman–Crippen MR) is 73.6 cm³/mol. The summed E-state index contributed by atoms with van der Waals surface area (Å²) in [4.78, 5) is 6.80. The Morgan fingerprint density at radius 3 is 2.50 bits per heavy atom. The van der Waals surface area contributed by atoms with Crippen LogP contribution >= 0.6 is 0 Å². The molecule has 0 aromatic carbocycles. The fourth-order valence-electron chi connectivity index (χ4n) is 2.41. The summed E-state index contributed by atoms with van der Waals surface area (Å²) in [6.07, 6.45) is 4.27. The summed E-state index contributed by atoms with van der Waals surface area (Å²) in [7, 11) is 6.01. The molecule has 0 unspecified atom stereocenters. The van der Waals surface area contributed by atoms with Gasteiger partial charge in [-0.25, -0.2) is 0 Å². The van der Waals surface area contributed by atoms with Crippen LogP contribution in [-0.2, 0) is 16.9 Å². The molecule has 1 fully saturated rings. The Bertz CT molecular complexity index is 423. The average Bonchev–Trinajstić information content (AvgIpc) is 3.09. The predicted octanol–water partition coefficient (Wildman–Crippen LogP) is 2.90. The van der Waals surface area contributed by atoms with Crippen molar-refractivity contribution < 1.29 is 4.74 Å². The van der Waals surface area contributed by atoms with Crippen molar-refractivity contribution in [1.82, 2.24) is 9.88 Å². The first-order chi connectivity index (χ1) is 8.48. The maximum absolute atomic E-state index is 5.70. The molecular weight excluding hydrogens is 224 g/mol. The van der Waals surface area contributed by atoms with Gasteiger partial charge in [-0.2, -0.15) is 0 Å². The highest BCUT2D eigenvalue weighted by Crippen LogP contribution is 2.49. The van der Waals surface area contributed by atoms with E-state index in [2.05, 4.69) is 43.9 Å². The number of hydrogen-bond acceptors (Lipinski definition) is 3. The normalized spacial score (nSPS) is 17.5. The van der Waals surface area contributed by atoms with E-state index in [1.54, 1.807) is 0 Å². The Hall–Kier alpha value is -0.930. The minimum absolute atomic E-state index is 0.0478. The number of aromatic nitrogens is 1. The molecule has 100 valence electrons. The first-order valence-corrected chi connectivity index (χ1v) is 6.67. The fourth-order valence-corrected chi connectivity index (χ4v) is 2.41. The second-order valence-electron chi connectivity index (χ2n) is 5.86. The van der Waals surface area contributed by atoms with E-state index >= 15 is 0 Å². The van der Waals surface area contributed by atoms with Crippen LogP contribution in [0.5, 0.6) is 0 Å². The molecule has 1 aromatic heterocycles. The van der Waals surface area contributed by atoms with E-state index in [0.717, 1.165) is 19.4 Å². The van der Waals surface area contributed by atoms with Crippen molar-refractivity contribution in [2.45, 2.75) is 44.8 Å². The van der Waals surface area contributed by atoms with Gasteiger partial charge in [-0.3, -0.25) is 4.98 Å². The topological polar surface area (TPSA) is 25.4 Å². The summed E-state index contributed by atoms with van der Waals surface area (Å²) < 4.78 is 5.70. The monoisotopic (exact) mass is 248 g/mol. The van der Waals surface area contributed by atoms with Crippen molar-refractivity contribution in [1.29, 1.82) is 0 Å². The second kappa shape index (κ2) is 4.98. The van der Waals surface area contributed by atoms with E-state index in [0.29, 0.717) is 5.92 Å². The van der Waals surface area contributed by atoms with Gasteiger partial charge in [-0.05, 0) is 44.5 Å². The maximum atomic E-state index is 5.70. The third-order valence-electron chi connectivity index (χ3n) is 3.67. The highest BCUT2D eigenvalue weighted by Gasteiger charge is 2.46. The van der Waals surface area contributed by atoms with Crippen LogP contribution in [0.25, 0.3) is 0 Å². The highest BCUT2D eigenvalue weighted by atomic mass is 16.5. The minimum Gasteiger partial charge on any atom is -0.373 e. The molecular formula is C15H24N2O. The largest absolute Gasteiger partial charge is 0.373 e. The highest BCUT2D eigenvalue weighted by molar-refractivity contribution is 5.36. The van der Waals surface area contributed by atoms with Crippen molar-refractivity contribution in [3.05, 3.63) is 29.1 Å². The molecule has 1 aromatic rings. The molecule has 0 atom stereocenters. The van der Waals surface area contributed by atoms with E-state index in [1.807, 2.05) is 13.3 Å². The zero-order valence-electron chi connectivity index (χ0n) is 12.2. The van der Waals surface area contributed by atoms with E-state index in [9.17, 15) is 0 Å². The first-order valence-electron chi connectivity index (χ1n) is 6.67. The Kier molecular flexibility index (Phi) is 3.74.